The maximum absolute atomic E-state index is 6.17. The van der Waals surface area contributed by atoms with Gasteiger partial charge in [-0.1, -0.05) is 23.7 Å². The Morgan fingerprint density at radius 3 is 2.58 bits per heavy atom. The van der Waals surface area contributed by atoms with Crippen molar-refractivity contribution in [1.29, 1.82) is 0 Å². The lowest BCUT2D eigenvalue weighted by Gasteiger charge is -2.11. The van der Waals surface area contributed by atoms with Gasteiger partial charge in [0, 0.05) is 23.0 Å². The fraction of sp³-hybridized carbons (Fsp3) is 0.167. The Hall–Kier alpha value is -2.66. The van der Waals surface area contributed by atoms with E-state index in [1.807, 2.05) is 56.3 Å². The Labute approximate surface area is 146 Å². The van der Waals surface area contributed by atoms with E-state index in [0.717, 1.165) is 27.8 Å². The fourth-order valence-corrected chi connectivity index (χ4v) is 2.41. The van der Waals surface area contributed by atoms with E-state index in [-0.39, 0.29) is 0 Å². The minimum absolute atomic E-state index is 0.604. The van der Waals surface area contributed by atoms with Gasteiger partial charge < -0.3 is 10.6 Å². The van der Waals surface area contributed by atoms with Crippen molar-refractivity contribution in [2.24, 2.45) is 0 Å². The molecule has 0 aliphatic rings. The molecule has 0 aliphatic carbocycles. The van der Waals surface area contributed by atoms with Crippen molar-refractivity contribution in [3.05, 3.63) is 70.8 Å². The van der Waals surface area contributed by atoms with Crippen molar-refractivity contribution >= 4 is 28.9 Å². The summed E-state index contributed by atoms with van der Waals surface area (Å²) in [5, 5.41) is 7.25. The molecule has 2 aromatic heterocycles. The molecule has 0 spiro atoms. The number of pyridine rings is 1. The number of nitrogens with one attached hydrogen (secondary N) is 2. The minimum Gasteiger partial charge on any atom is -0.364 e. The summed E-state index contributed by atoms with van der Waals surface area (Å²) in [5.74, 6) is 2.14. The SMILES string of the molecule is Cc1nc(NCc2ccccn2)cc(Nc2ccc(C)c(Cl)c2)n1. The van der Waals surface area contributed by atoms with Crippen LogP contribution in [0.5, 0.6) is 0 Å². The predicted octanol–water partition coefficient (Wildman–Crippen LogP) is 4.50. The maximum Gasteiger partial charge on any atom is 0.136 e. The molecule has 0 saturated carbocycles. The smallest absolute Gasteiger partial charge is 0.136 e. The second kappa shape index (κ2) is 7.27. The van der Waals surface area contributed by atoms with E-state index >= 15 is 0 Å². The van der Waals surface area contributed by atoms with Crippen LogP contribution in [0.1, 0.15) is 17.1 Å². The van der Waals surface area contributed by atoms with Gasteiger partial charge in [-0.15, -0.1) is 0 Å². The molecular weight excluding hydrogens is 322 g/mol. The zero-order valence-corrected chi connectivity index (χ0v) is 14.3. The summed E-state index contributed by atoms with van der Waals surface area (Å²) in [6.07, 6.45) is 1.77. The van der Waals surface area contributed by atoms with Gasteiger partial charge in [-0.25, -0.2) is 9.97 Å². The van der Waals surface area contributed by atoms with Gasteiger partial charge in [-0.05, 0) is 43.7 Å². The molecule has 0 amide bonds. The molecule has 0 radical (unpaired) electrons. The largest absolute Gasteiger partial charge is 0.364 e. The van der Waals surface area contributed by atoms with Crippen LogP contribution in [0, 0.1) is 13.8 Å². The van der Waals surface area contributed by atoms with E-state index in [4.69, 9.17) is 11.6 Å². The quantitative estimate of drug-likeness (QED) is 0.716. The Morgan fingerprint density at radius 2 is 1.83 bits per heavy atom. The lowest BCUT2D eigenvalue weighted by atomic mass is 10.2. The first kappa shape index (κ1) is 16.2. The van der Waals surface area contributed by atoms with E-state index in [0.29, 0.717) is 18.2 Å². The molecule has 6 heteroatoms. The molecule has 2 N–H and O–H groups in total. The van der Waals surface area contributed by atoms with Crippen LogP contribution >= 0.6 is 11.6 Å². The molecule has 0 fully saturated rings. The molecule has 0 saturated heterocycles. The van der Waals surface area contributed by atoms with Crippen molar-refractivity contribution in [3.63, 3.8) is 0 Å². The van der Waals surface area contributed by atoms with Crippen molar-refractivity contribution in [3.8, 4) is 0 Å². The van der Waals surface area contributed by atoms with Crippen LogP contribution in [0.15, 0.2) is 48.7 Å². The molecule has 3 rings (SSSR count). The van der Waals surface area contributed by atoms with Gasteiger partial charge in [0.25, 0.3) is 0 Å². The van der Waals surface area contributed by atoms with Gasteiger partial charge in [0.1, 0.15) is 17.5 Å². The first-order valence-electron chi connectivity index (χ1n) is 7.63. The molecule has 0 atom stereocenters. The topological polar surface area (TPSA) is 62.7 Å². The van der Waals surface area contributed by atoms with E-state index in [2.05, 4.69) is 25.6 Å². The highest BCUT2D eigenvalue weighted by Gasteiger charge is 2.04. The standard InChI is InChI=1S/C18H18ClN5/c1-12-6-7-14(9-16(12)19)24-18-10-17(22-13(2)23-18)21-11-15-5-3-4-8-20-15/h3-10H,11H2,1-2H3,(H2,21,22,23,24). The van der Waals surface area contributed by atoms with Crippen LogP contribution in [-0.2, 0) is 6.54 Å². The third-order valence-electron chi connectivity index (χ3n) is 3.46. The lowest BCUT2D eigenvalue weighted by molar-refractivity contribution is 0.996. The van der Waals surface area contributed by atoms with Crippen molar-refractivity contribution in [2.45, 2.75) is 20.4 Å². The first-order valence-corrected chi connectivity index (χ1v) is 8.00. The highest BCUT2D eigenvalue weighted by Crippen LogP contribution is 2.23. The molecular formula is C18H18ClN5. The summed E-state index contributed by atoms with van der Waals surface area (Å²) >= 11 is 6.17. The Kier molecular flexibility index (Phi) is 4.91. The van der Waals surface area contributed by atoms with E-state index in [1.54, 1.807) is 6.20 Å². The van der Waals surface area contributed by atoms with E-state index in [1.165, 1.54) is 0 Å². The van der Waals surface area contributed by atoms with Crippen molar-refractivity contribution in [2.75, 3.05) is 10.6 Å². The normalized spacial score (nSPS) is 10.5. The Bertz CT molecular complexity index is 836. The third-order valence-corrected chi connectivity index (χ3v) is 3.87. The second-order valence-electron chi connectivity index (χ2n) is 5.45. The third kappa shape index (κ3) is 4.20. The van der Waals surface area contributed by atoms with Gasteiger partial charge in [0.2, 0.25) is 0 Å². The maximum atomic E-state index is 6.17. The zero-order chi connectivity index (χ0) is 16.9. The lowest BCUT2D eigenvalue weighted by Crippen LogP contribution is -2.06. The van der Waals surface area contributed by atoms with Gasteiger partial charge in [0.05, 0.1) is 12.2 Å². The van der Waals surface area contributed by atoms with Gasteiger partial charge in [0.15, 0.2) is 0 Å². The van der Waals surface area contributed by atoms with Crippen LogP contribution in [0.2, 0.25) is 5.02 Å². The summed E-state index contributed by atoms with van der Waals surface area (Å²) in [6, 6.07) is 13.5. The number of halogens is 1. The molecule has 0 unspecified atom stereocenters. The highest BCUT2D eigenvalue weighted by atomic mass is 35.5. The van der Waals surface area contributed by atoms with Crippen LogP contribution in [-0.4, -0.2) is 15.0 Å². The van der Waals surface area contributed by atoms with Crippen LogP contribution in [0.4, 0.5) is 17.3 Å². The minimum atomic E-state index is 0.604. The fourth-order valence-electron chi connectivity index (χ4n) is 2.22. The van der Waals surface area contributed by atoms with E-state index in [9.17, 15) is 0 Å². The molecule has 24 heavy (non-hydrogen) atoms. The summed E-state index contributed by atoms with van der Waals surface area (Å²) in [6.45, 7) is 4.44. The molecule has 0 bridgehead atoms. The molecule has 0 aliphatic heterocycles. The molecule has 1 aromatic carbocycles. The second-order valence-corrected chi connectivity index (χ2v) is 5.86. The summed E-state index contributed by atoms with van der Waals surface area (Å²) in [7, 11) is 0. The van der Waals surface area contributed by atoms with Gasteiger partial charge in [-0.3, -0.25) is 4.98 Å². The number of hydrogen-bond acceptors (Lipinski definition) is 5. The number of hydrogen-bond donors (Lipinski definition) is 2. The number of aromatic nitrogens is 3. The molecule has 2 heterocycles. The Morgan fingerprint density at radius 1 is 1.00 bits per heavy atom. The average Bonchev–Trinajstić information content (AvgIpc) is 2.57. The Balaban J connectivity index is 1.74. The van der Waals surface area contributed by atoms with Crippen LogP contribution < -0.4 is 10.6 Å². The average molecular weight is 340 g/mol. The summed E-state index contributed by atoms with van der Waals surface area (Å²) < 4.78 is 0. The summed E-state index contributed by atoms with van der Waals surface area (Å²) in [4.78, 5) is 13.1. The molecule has 3 aromatic rings. The van der Waals surface area contributed by atoms with Crippen LogP contribution in [0.25, 0.3) is 0 Å². The van der Waals surface area contributed by atoms with E-state index < -0.39 is 0 Å². The van der Waals surface area contributed by atoms with Crippen LogP contribution in [0.3, 0.4) is 0 Å². The first-order chi connectivity index (χ1) is 11.6. The molecule has 122 valence electrons. The van der Waals surface area contributed by atoms with Crippen molar-refractivity contribution < 1.29 is 0 Å². The number of nitrogens with zero attached hydrogens (tertiary/aromatic N) is 3. The number of benzene rings is 1. The predicted molar refractivity (Wildman–Crippen MR) is 97.8 cm³/mol. The number of rotatable bonds is 5. The van der Waals surface area contributed by atoms with Gasteiger partial charge >= 0.3 is 0 Å². The zero-order valence-electron chi connectivity index (χ0n) is 13.5. The number of aryl methyl sites for hydroxylation is 2. The monoisotopic (exact) mass is 339 g/mol. The summed E-state index contributed by atoms with van der Waals surface area (Å²) in [5.41, 5.74) is 2.88. The van der Waals surface area contributed by atoms with Crippen molar-refractivity contribution in [1.82, 2.24) is 15.0 Å². The van der Waals surface area contributed by atoms with Gasteiger partial charge in [-0.2, -0.15) is 0 Å². The molecule has 5 nitrogen and oxygen atoms in total. The highest BCUT2D eigenvalue weighted by molar-refractivity contribution is 6.31. The number of anilines is 3.